The van der Waals surface area contributed by atoms with Gasteiger partial charge in [-0.2, -0.15) is 0 Å². The molecule has 3 nitrogen and oxygen atoms in total. The fourth-order valence-electron chi connectivity index (χ4n) is 2.23. The number of anilines is 1. The Morgan fingerprint density at radius 3 is 2.30 bits per heavy atom. The zero-order valence-corrected chi connectivity index (χ0v) is 13.6. The molecule has 0 radical (unpaired) electrons. The van der Waals surface area contributed by atoms with E-state index in [1.54, 1.807) is 19.1 Å². The molecule has 2 aromatic carbocycles. The molecule has 0 atom stereocenters. The fraction of sp³-hybridized carbons (Fsp3) is 0.263. The minimum absolute atomic E-state index is 0.0702. The Balaban J connectivity index is 1.94. The smallest absolute Gasteiger partial charge is 0.224 e. The highest BCUT2D eigenvalue weighted by Gasteiger charge is 2.11. The summed E-state index contributed by atoms with van der Waals surface area (Å²) >= 11 is 0. The summed E-state index contributed by atoms with van der Waals surface area (Å²) in [5.74, 6) is -0.771. The number of ketones is 1. The molecule has 2 rings (SSSR count). The zero-order valence-electron chi connectivity index (χ0n) is 13.6. The number of Topliss-reactive ketones (excluding diaryl/α,β-unsaturated/α-hetero) is 1. The molecule has 23 heavy (non-hydrogen) atoms. The van der Waals surface area contributed by atoms with Crippen molar-refractivity contribution in [1.29, 1.82) is 0 Å². The second-order valence-corrected chi connectivity index (χ2v) is 5.73. The van der Waals surface area contributed by atoms with E-state index in [-0.39, 0.29) is 24.5 Å². The monoisotopic (exact) mass is 313 g/mol. The van der Waals surface area contributed by atoms with Crippen molar-refractivity contribution >= 4 is 17.4 Å². The summed E-state index contributed by atoms with van der Waals surface area (Å²) < 4.78 is 13.2. The van der Waals surface area contributed by atoms with Gasteiger partial charge in [0.2, 0.25) is 5.91 Å². The molecule has 0 aliphatic heterocycles. The Labute approximate surface area is 135 Å². The highest BCUT2D eigenvalue weighted by Crippen LogP contribution is 2.17. The minimum atomic E-state index is -0.405. The molecule has 0 aliphatic rings. The van der Waals surface area contributed by atoms with E-state index >= 15 is 0 Å². The first-order chi connectivity index (χ1) is 10.9. The van der Waals surface area contributed by atoms with E-state index in [2.05, 4.69) is 5.32 Å². The molecule has 0 bridgehead atoms. The van der Waals surface area contributed by atoms with Crippen molar-refractivity contribution in [2.24, 2.45) is 0 Å². The van der Waals surface area contributed by atoms with Crippen molar-refractivity contribution in [1.82, 2.24) is 0 Å². The number of aryl methyl sites for hydroxylation is 3. The molecular formula is C19H20FNO2. The molecule has 0 fully saturated rings. The van der Waals surface area contributed by atoms with E-state index in [4.69, 9.17) is 0 Å². The molecule has 0 aromatic heterocycles. The van der Waals surface area contributed by atoms with Gasteiger partial charge in [0.05, 0.1) is 0 Å². The molecule has 4 heteroatoms. The van der Waals surface area contributed by atoms with Gasteiger partial charge in [-0.3, -0.25) is 9.59 Å². The lowest BCUT2D eigenvalue weighted by atomic mass is 10.0. The lowest BCUT2D eigenvalue weighted by Crippen LogP contribution is -2.14. The molecular weight excluding hydrogens is 293 g/mol. The van der Waals surface area contributed by atoms with Crippen LogP contribution < -0.4 is 5.32 Å². The van der Waals surface area contributed by atoms with Crippen molar-refractivity contribution < 1.29 is 14.0 Å². The Kier molecular flexibility index (Phi) is 5.27. The van der Waals surface area contributed by atoms with E-state index in [1.807, 2.05) is 26.0 Å². The maximum Gasteiger partial charge on any atom is 0.224 e. The number of carbonyl (C=O) groups excluding carboxylic acids is 2. The van der Waals surface area contributed by atoms with Crippen LogP contribution in [0.1, 0.15) is 39.9 Å². The van der Waals surface area contributed by atoms with Gasteiger partial charge >= 0.3 is 0 Å². The van der Waals surface area contributed by atoms with Crippen molar-refractivity contribution in [2.75, 3.05) is 5.32 Å². The van der Waals surface area contributed by atoms with Gasteiger partial charge in [-0.25, -0.2) is 4.39 Å². The van der Waals surface area contributed by atoms with Crippen LogP contribution >= 0.6 is 0 Å². The average Bonchev–Trinajstić information content (AvgIpc) is 2.51. The molecule has 2 aromatic rings. The topological polar surface area (TPSA) is 46.2 Å². The maximum absolute atomic E-state index is 13.2. The third kappa shape index (κ3) is 4.49. The van der Waals surface area contributed by atoms with Gasteiger partial charge in [0.15, 0.2) is 5.78 Å². The number of nitrogens with one attached hydrogen (secondary N) is 1. The number of amides is 1. The van der Waals surface area contributed by atoms with Crippen LogP contribution in [0, 0.1) is 26.6 Å². The Bertz CT molecular complexity index is 753. The van der Waals surface area contributed by atoms with Crippen LogP contribution in [0.15, 0.2) is 36.4 Å². The summed E-state index contributed by atoms with van der Waals surface area (Å²) in [5, 5.41) is 2.65. The van der Waals surface area contributed by atoms with Crippen LogP contribution in [-0.2, 0) is 4.79 Å². The second-order valence-electron chi connectivity index (χ2n) is 5.73. The Hall–Kier alpha value is -2.49. The number of halogens is 1. The molecule has 0 aliphatic carbocycles. The van der Waals surface area contributed by atoms with Gasteiger partial charge in [0, 0.05) is 24.1 Å². The van der Waals surface area contributed by atoms with E-state index in [0.717, 1.165) is 16.7 Å². The van der Waals surface area contributed by atoms with Crippen molar-refractivity contribution in [3.63, 3.8) is 0 Å². The predicted molar refractivity (Wildman–Crippen MR) is 89.2 cm³/mol. The van der Waals surface area contributed by atoms with E-state index in [1.165, 1.54) is 12.1 Å². The lowest BCUT2D eigenvalue weighted by Gasteiger charge is -2.08. The number of hydrogen-bond donors (Lipinski definition) is 1. The molecule has 0 saturated heterocycles. The number of hydrogen-bond acceptors (Lipinski definition) is 2. The number of rotatable bonds is 5. The first-order valence-electron chi connectivity index (χ1n) is 7.53. The summed E-state index contributed by atoms with van der Waals surface area (Å²) in [6, 6.07) is 9.74. The van der Waals surface area contributed by atoms with E-state index in [0.29, 0.717) is 11.3 Å². The molecule has 0 saturated carbocycles. The average molecular weight is 313 g/mol. The maximum atomic E-state index is 13.2. The summed E-state index contributed by atoms with van der Waals surface area (Å²) in [6.07, 6.45) is 0.199. The highest BCUT2D eigenvalue weighted by atomic mass is 19.1. The first-order valence-corrected chi connectivity index (χ1v) is 7.53. The number of benzene rings is 2. The largest absolute Gasteiger partial charge is 0.326 e. The van der Waals surface area contributed by atoms with E-state index in [9.17, 15) is 14.0 Å². The normalized spacial score (nSPS) is 10.4. The standard InChI is InChI=1S/C19H20FNO2/c1-12-4-6-15(10-14(12)3)18(22)8-9-19(23)21-17-11-16(20)7-5-13(17)2/h4-7,10-11H,8-9H2,1-3H3,(H,21,23). The Morgan fingerprint density at radius 2 is 1.61 bits per heavy atom. The fourth-order valence-corrected chi connectivity index (χ4v) is 2.23. The van der Waals surface area contributed by atoms with Gasteiger partial charge in [-0.05, 0) is 55.7 Å². The van der Waals surface area contributed by atoms with Gasteiger partial charge in [0.25, 0.3) is 0 Å². The third-order valence-corrected chi connectivity index (χ3v) is 3.88. The molecule has 0 unspecified atom stereocenters. The Morgan fingerprint density at radius 1 is 0.913 bits per heavy atom. The third-order valence-electron chi connectivity index (χ3n) is 3.88. The molecule has 0 heterocycles. The zero-order chi connectivity index (χ0) is 17.0. The number of carbonyl (C=O) groups is 2. The summed E-state index contributed by atoms with van der Waals surface area (Å²) in [5.41, 5.74) is 4.01. The first kappa shape index (κ1) is 16.9. The van der Waals surface area contributed by atoms with Crippen LogP contribution in [-0.4, -0.2) is 11.7 Å². The molecule has 120 valence electrons. The lowest BCUT2D eigenvalue weighted by molar-refractivity contribution is -0.116. The quantitative estimate of drug-likeness (QED) is 0.834. The van der Waals surface area contributed by atoms with Crippen molar-refractivity contribution in [3.8, 4) is 0 Å². The van der Waals surface area contributed by atoms with Crippen LogP contribution in [0.25, 0.3) is 0 Å². The minimum Gasteiger partial charge on any atom is -0.326 e. The second kappa shape index (κ2) is 7.18. The van der Waals surface area contributed by atoms with Crippen LogP contribution in [0.3, 0.4) is 0 Å². The summed E-state index contributed by atoms with van der Waals surface area (Å²) in [4.78, 5) is 24.1. The van der Waals surface area contributed by atoms with Crippen LogP contribution in [0.5, 0.6) is 0 Å². The predicted octanol–water partition coefficient (Wildman–Crippen LogP) is 4.35. The molecule has 1 amide bonds. The van der Waals surface area contributed by atoms with Gasteiger partial charge < -0.3 is 5.32 Å². The SMILES string of the molecule is Cc1ccc(C(=O)CCC(=O)Nc2cc(F)ccc2C)cc1C. The summed E-state index contributed by atoms with van der Waals surface area (Å²) in [6.45, 7) is 5.72. The van der Waals surface area contributed by atoms with Crippen LogP contribution in [0.2, 0.25) is 0 Å². The molecule has 0 spiro atoms. The molecule has 1 N–H and O–H groups in total. The van der Waals surface area contributed by atoms with Gasteiger partial charge in [-0.15, -0.1) is 0 Å². The van der Waals surface area contributed by atoms with Crippen LogP contribution in [0.4, 0.5) is 10.1 Å². The van der Waals surface area contributed by atoms with Gasteiger partial charge in [-0.1, -0.05) is 18.2 Å². The van der Waals surface area contributed by atoms with Crippen molar-refractivity contribution in [2.45, 2.75) is 33.6 Å². The van der Waals surface area contributed by atoms with Crippen molar-refractivity contribution in [3.05, 3.63) is 64.5 Å². The van der Waals surface area contributed by atoms with E-state index < -0.39 is 5.82 Å². The van der Waals surface area contributed by atoms with Gasteiger partial charge in [0.1, 0.15) is 5.82 Å². The highest BCUT2D eigenvalue weighted by molar-refractivity contribution is 6.00. The summed E-state index contributed by atoms with van der Waals surface area (Å²) in [7, 11) is 0.